The van der Waals surface area contributed by atoms with Gasteiger partial charge in [-0.1, -0.05) is 32.4 Å². The minimum absolute atomic E-state index is 0.0298. The van der Waals surface area contributed by atoms with Crippen LogP contribution in [0, 0.1) is 5.41 Å². The van der Waals surface area contributed by atoms with Gasteiger partial charge in [-0.3, -0.25) is 14.9 Å². The van der Waals surface area contributed by atoms with Crippen molar-refractivity contribution < 1.29 is 27.5 Å². The van der Waals surface area contributed by atoms with E-state index in [4.69, 9.17) is 16.0 Å². The lowest BCUT2D eigenvalue weighted by Crippen LogP contribution is -2.68. The molecule has 3 unspecified atom stereocenters. The first kappa shape index (κ1) is 24.2. The van der Waals surface area contributed by atoms with E-state index in [1.807, 2.05) is 20.8 Å². The Balaban J connectivity index is 1.92. The summed E-state index contributed by atoms with van der Waals surface area (Å²) in [5.74, 6) is -1.31. The van der Waals surface area contributed by atoms with Crippen molar-refractivity contribution in [2.45, 2.75) is 43.8 Å². The van der Waals surface area contributed by atoms with Crippen molar-refractivity contribution in [2.24, 2.45) is 5.41 Å². The van der Waals surface area contributed by atoms with Gasteiger partial charge < -0.3 is 14.8 Å². The average molecular weight is 484 g/mol. The standard InChI is InChI=1S/C21H26ClN3O6S/c1-21(2,3)20(13-7-6-10-31-13)24-15-14(17(27)18(15)28)23-12-9-8-11(22)19(16(12)26)32(29,30)25(4)5/h6-10,14-15,20,23-24,26H,1-5H3. The summed E-state index contributed by atoms with van der Waals surface area (Å²) in [5.41, 5.74) is -0.380. The lowest BCUT2D eigenvalue weighted by Gasteiger charge is -2.40. The van der Waals surface area contributed by atoms with Crippen molar-refractivity contribution in [1.82, 2.24) is 9.62 Å². The van der Waals surface area contributed by atoms with Gasteiger partial charge in [0.25, 0.3) is 0 Å². The summed E-state index contributed by atoms with van der Waals surface area (Å²) in [5, 5.41) is 16.5. The number of sulfonamides is 1. The van der Waals surface area contributed by atoms with Crippen LogP contribution in [0.3, 0.4) is 0 Å². The molecule has 174 valence electrons. The molecule has 1 fully saturated rings. The molecule has 0 aliphatic heterocycles. The summed E-state index contributed by atoms with van der Waals surface area (Å²) in [6, 6.07) is 3.87. The lowest BCUT2D eigenvalue weighted by atomic mass is 9.78. The molecule has 3 N–H and O–H groups in total. The molecular weight excluding hydrogens is 458 g/mol. The molecule has 32 heavy (non-hydrogen) atoms. The molecule has 11 heteroatoms. The number of ketones is 2. The van der Waals surface area contributed by atoms with Gasteiger partial charge in [-0.25, -0.2) is 12.7 Å². The van der Waals surface area contributed by atoms with Gasteiger partial charge in [-0.15, -0.1) is 0 Å². The maximum atomic E-state index is 12.6. The Kier molecular flexibility index (Phi) is 6.45. The number of aromatic hydroxyl groups is 1. The zero-order valence-electron chi connectivity index (χ0n) is 18.3. The molecule has 2 aromatic rings. The minimum atomic E-state index is -4.06. The van der Waals surface area contributed by atoms with Gasteiger partial charge in [0, 0.05) is 14.1 Å². The number of halogens is 1. The average Bonchev–Trinajstić information content (AvgIpc) is 3.21. The number of benzene rings is 1. The highest BCUT2D eigenvalue weighted by atomic mass is 35.5. The molecule has 0 bridgehead atoms. The van der Waals surface area contributed by atoms with E-state index >= 15 is 0 Å². The van der Waals surface area contributed by atoms with Gasteiger partial charge in [-0.2, -0.15) is 0 Å². The number of carbonyl (C=O) groups is 2. The Morgan fingerprint density at radius 2 is 1.75 bits per heavy atom. The third kappa shape index (κ3) is 4.27. The maximum Gasteiger partial charge on any atom is 0.247 e. The van der Waals surface area contributed by atoms with E-state index in [-0.39, 0.29) is 22.2 Å². The number of nitrogens with zero attached hydrogens (tertiary/aromatic N) is 1. The normalized spacial score (nSPS) is 20.3. The molecule has 1 aromatic heterocycles. The summed E-state index contributed by atoms with van der Waals surface area (Å²) in [6.45, 7) is 5.89. The molecule has 1 aliphatic carbocycles. The first-order valence-electron chi connectivity index (χ1n) is 9.85. The predicted octanol–water partition coefficient (Wildman–Crippen LogP) is 2.57. The zero-order valence-corrected chi connectivity index (χ0v) is 19.9. The van der Waals surface area contributed by atoms with Crippen LogP contribution in [0.25, 0.3) is 0 Å². The number of nitrogens with one attached hydrogen (secondary N) is 2. The second-order valence-electron chi connectivity index (χ2n) is 8.87. The Morgan fingerprint density at radius 3 is 2.28 bits per heavy atom. The van der Waals surface area contributed by atoms with E-state index in [1.54, 1.807) is 12.1 Å². The molecule has 0 saturated heterocycles. The van der Waals surface area contributed by atoms with Crippen LogP contribution in [-0.4, -0.2) is 55.6 Å². The largest absolute Gasteiger partial charge is 0.504 e. The molecule has 9 nitrogen and oxygen atoms in total. The SMILES string of the molecule is CN(C)S(=O)(=O)c1c(Cl)ccc(NC2C(=O)C(=O)C2NC(c2ccco2)C(C)(C)C)c1O. The Bertz CT molecular complexity index is 1140. The lowest BCUT2D eigenvalue weighted by molar-refractivity contribution is -0.146. The topological polar surface area (TPSA) is 129 Å². The smallest absolute Gasteiger partial charge is 0.247 e. The van der Waals surface area contributed by atoms with Gasteiger partial charge in [0.2, 0.25) is 21.6 Å². The number of rotatable bonds is 7. The van der Waals surface area contributed by atoms with Crippen LogP contribution in [0.5, 0.6) is 5.75 Å². The number of carbonyl (C=O) groups excluding carboxylic acids is 2. The van der Waals surface area contributed by atoms with Crippen molar-refractivity contribution in [2.75, 3.05) is 19.4 Å². The number of anilines is 1. The first-order valence-corrected chi connectivity index (χ1v) is 11.7. The summed E-state index contributed by atoms with van der Waals surface area (Å²) >= 11 is 6.03. The molecule has 3 atom stereocenters. The van der Waals surface area contributed by atoms with Crippen molar-refractivity contribution in [3.8, 4) is 5.75 Å². The van der Waals surface area contributed by atoms with Crippen LogP contribution in [0.15, 0.2) is 39.8 Å². The minimum Gasteiger partial charge on any atom is -0.504 e. The van der Waals surface area contributed by atoms with Crippen molar-refractivity contribution >= 4 is 38.9 Å². The summed E-state index contributed by atoms with van der Waals surface area (Å²) in [6.07, 6.45) is 1.53. The second kappa shape index (κ2) is 8.51. The third-order valence-electron chi connectivity index (χ3n) is 5.31. The van der Waals surface area contributed by atoms with Crippen LogP contribution in [-0.2, 0) is 19.6 Å². The molecule has 1 heterocycles. The highest BCUT2D eigenvalue weighted by Crippen LogP contribution is 2.40. The molecular formula is C21H26ClN3O6S. The molecule has 3 rings (SSSR count). The molecule has 0 radical (unpaired) electrons. The zero-order chi connectivity index (χ0) is 24.0. The van der Waals surface area contributed by atoms with Crippen LogP contribution in [0.4, 0.5) is 5.69 Å². The number of Topliss-reactive ketones (excluding diaryl/α,β-unsaturated/α-hetero) is 2. The van der Waals surface area contributed by atoms with E-state index in [0.29, 0.717) is 5.76 Å². The van der Waals surface area contributed by atoms with Gasteiger partial charge in [0.15, 0.2) is 5.75 Å². The monoisotopic (exact) mass is 483 g/mol. The fourth-order valence-corrected chi connectivity index (χ4v) is 4.97. The van der Waals surface area contributed by atoms with E-state index in [0.717, 1.165) is 4.31 Å². The van der Waals surface area contributed by atoms with Gasteiger partial charge in [-0.05, 0) is 29.7 Å². The summed E-state index contributed by atoms with van der Waals surface area (Å²) in [4.78, 5) is 24.2. The van der Waals surface area contributed by atoms with E-state index in [2.05, 4.69) is 10.6 Å². The number of phenolic OH excluding ortho intramolecular Hbond substituents is 1. The third-order valence-corrected chi connectivity index (χ3v) is 7.63. The molecule has 1 saturated carbocycles. The molecule has 0 spiro atoms. The van der Waals surface area contributed by atoms with E-state index in [1.165, 1.54) is 32.5 Å². The van der Waals surface area contributed by atoms with Crippen molar-refractivity contribution in [3.63, 3.8) is 0 Å². The van der Waals surface area contributed by atoms with E-state index in [9.17, 15) is 23.1 Å². The number of furan rings is 1. The molecule has 0 amide bonds. The Morgan fingerprint density at radius 1 is 1.12 bits per heavy atom. The van der Waals surface area contributed by atoms with Crippen LogP contribution >= 0.6 is 11.6 Å². The Labute approximate surface area is 191 Å². The van der Waals surface area contributed by atoms with Crippen molar-refractivity contribution in [3.05, 3.63) is 41.3 Å². The second-order valence-corrected chi connectivity index (χ2v) is 11.4. The van der Waals surface area contributed by atoms with Crippen LogP contribution < -0.4 is 10.6 Å². The number of hydrogen-bond acceptors (Lipinski definition) is 8. The van der Waals surface area contributed by atoms with E-state index < -0.39 is 44.3 Å². The highest BCUT2D eigenvalue weighted by Gasteiger charge is 2.51. The van der Waals surface area contributed by atoms with Crippen LogP contribution in [0.1, 0.15) is 32.6 Å². The van der Waals surface area contributed by atoms with Crippen LogP contribution in [0.2, 0.25) is 5.02 Å². The fourth-order valence-electron chi connectivity index (χ4n) is 3.49. The van der Waals surface area contributed by atoms with Gasteiger partial charge in [0.05, 0.1) is 23.0 Å². The number of phenols is 1. The Hall–Kier alpha value is -2.40. The maximum absolute atomic E-state index is 12.6. The summed E-state index contributed by atoms with van der Waals surface area (Å²) < 4.78 is 31.6. The highest BCUT2D eigenvalue weighted by molar-refractivity contribution is 7.89. The fraction of sp³-hybridized carbons (Fsp3) is 0.429. The van der Waals surface area contributed by atoms with Gasteiger partial charge in [0.1, 0.15) is 22.7 Å². The quantitative estimate of drug-likeness (QED) is 0.405. The number of hydrogen-bond donors (Lipinski definition) is 3. The predicted molar refractivity (Wildman–Crippen MR) is 119 cm³/mol. The van der Waals surface area contributed by atoms with Gasteiger partial charge >= 0.3 is 0 Å². The first-order chi connectivity index (χ1) is 14.8. The molecule has 1 aliphatic rings. The van der Waals surface area contributed by atoms with Crippen molar-refractivity contribution in [1.29, 1.82) is 0 Å². The summed E-state index contributed by atoms with van der Waals surface area (Å²) in [7, 11) is -1.45. The molecule has 1 aromatic carbocycles.